The van der Waals surface area contributed by atoms with Gasteiger partial charge in [-0.1, -0.05) is 24.3 Å². The Kier molecular flexibility index (Phi) is 6.37. The predicted molar refractivity (Wildman–Crippen MR) is 121 cm³/mol. The van der Waals surface area contributed by atoms with Crippen LogP contribution in [0, 0.1) is 5.82 Å². The van der Waals surface area contributed by atoms with Gasteiger partial charge in [0, 0.05) is 22.9 Å². The molecule has 3 aromatic rings. The fourth-order valence-corrected chi connectivity index (χ4v) is 5.46. The first-order valence-corrected chi connectivity index (χ1v) is 12.6. The van der Waals surface area contributed by atoms with Crippen molar-refractivity contribution in [3.05, 3.63) is 68.7 Å². The van der Waals surface area contributed by atoms with Gasteiger partial charge in [0.25, 0.3) is 10.0 Å². The number of thiazole rings is 1. The molecule has 0 atom stereocenters. The second-order valence-corrected chi connectivity index (χ2v) is 10.2. The first-order valence-electron chi connectivity index (χ1n) is 9.35. The largest absolute Gasteiger partial charge is 0.380 e. The molecule has 0 unspecified atom stereocenters. The number of hydrogen-bond donors (Lipinski definition) is 2. The molecule has 0 saturated carbocycles. The van der Waals surface area contributed by atoms with E-state index in [1.807, 2.05) is 18.2 Å². The van der Waals surface area contributed by atoms with E-state index in [1.165, 1.54) is 46.3 Å². The van der Waals surface area contributed by atoms with Crippen molar-refractivity contribution in [3.63, 3.8) is 0 Å². The minimum atomic E-state index is -4.08. The molecule has 1 aliphatic rings. The van der Waals surface area contributed by atoms with Crippen molar-refractivity contribution in [2.75, 3.05) is 23.1 Å². The number of rotatable bonds is 8. The Hall–Kier alpha value is -2.01. The minimum Gasteiger partial charge on any atom is -0.380 e. The van der Waals surface area contributed by atoms with Crippen LogP contribution in [0.15, 0.2) is 56.7 Å². The van der Waals surface area contributed by atoms with Crippen LogP contribution in [0.5, 0.6) is 0 Å². The van der Waals surface area contributed by atoms with Gasteiger partial charge >= 0.3 is 0 Å². The number of nitrogens with zero attached hydrogens (tertiary/aromatic N) is 2. The number of benzene rings is 2. The zero-order valence-electron chi connectivity index (χ0n) is 15.9. The first kappa shape index (κ1) is 21.2. The van der Waals surface area contributed by atoms with Gasteiger partial charge in [0.05, 0.1) is 11.2 Å². The summed E-state index contributed by atoms with van der Waals surface area (Å²) in [6, 6.07) is 10.6. The summed E-state index contributed by atoms with van der Waals surface area (Å²) in [5.74, 6) is -0.672. The highest BCUT2D eigenvalue weighted by atomic mass is 79.9. The van der Waals surface area contributed by atoms with E-state index in [2.05, 4.69) is 41.9 Å². The van der Waals surface area contributed by atoms with Crippen LogP contribution in [0.25, 0.3) is 0 Å². The lowest BCUT2D eigenvalue weighted by atomic mass is 10.1. The molecule has 0 spiro atoms. The Morgan fingerprint density at radius 1 is 1.20 bits per heavy atom. The third-order valence-electron chi connectivity index (χ3n) is 4.91. The van der Waals surface area contributed by atoms with Crippen molar-refractivity contribution in [1.82, 2.24) is 9.88 Å². The quantitative estimate of drug-likeness (QED) is 0.460. The number of nitrogens with one attached hydrogen (secondary N) is 2. The number of halogens is 2. The molecule has 1 aliphatic heterocycles. The van der Waals surface area contributed by atoms with Crippen LogP contribution in [0.3, 0.4) is 0 Å². The molecule has 2 heterocycles. The second-order valence-electron chi connectivity index (χ2n) is 6.99. The van der Waals surface area contributed by atoms with Gasteiger partial charge in [-0.2, -0.15) is 0 Å². The third kappa shape index (κ3) is 4.83. The van der Waals surface area contributed by atoms with Crippen molar-refractivity contribution in [2.45, 2.75) is 24.4 Å². The molecule has 1 fully saturated rings. The van der Waals surface area contributed by atoms with Crippen molar-refractivity contribution >= 4 is 48.8 Å². The number of sulfonamides is 1. The Bertz CT molecular complexity index is 1140. The lowest BCUT2D eigenvalue weighted by molar-refractivity contribution is 0.172. The van der Waals surface area contributed by atoms with E-state index in [1.54, 1.807) is 0 Å². The van der Waals surface area contributed by atoms with Crippen LogP contribution >= 0.6 is 27.3 Å². The maximum atomic E-state index is 14.7. The maximum Gasteiger partial charge on any atom is 0.266 e. The topological polar surface area (TPSA) is 74.3 Å². The molecule has 30 heavy (non-hydrogen) atoms. The summed E-state index contributed by atoms with van der Waals surface area (Å²) in [6.07, 6.45) is 1.24. The normalized spacial score (nSPS) is 14.3. The average molecular weight is 511 g/mol. The summed E-state index contributed by atoms with van der Waals surface area (Å²) in [5.41, 5.74) is 4.34. The molecule has 2 N–H and O–H groups in total. The van der Waals surface area contributed by atoms with E-state index in [4.69, 9.17) is 0 Å². The molecule has 10 heteroatoms. The van der Waals surface area contributed by atoms with Crippen LogP contribution < -0.4 is 10.0 Å². The maximum absolute atomic E-state index is 14.7. The molecule has 0 amide bonds. The zero-order valence-corrected chi connectivity index (χ0v) is 19.2. The molecule has 4 rings (SSSR count). The third-order valence-corrected chi connectivity index (χ3v) is 7.52. The van der Waals surface area contributed by atoms with Crippen molar-refractivity contribution in [2.24, 2.45) is 0 Å². The highest BCUT2D eigenvalue weighted by molar-refractivity contribution is 9.10. The van der Waals surface area contributed by atoms with Gasteiger partial charge in [0.2, 0.25) is 0 Å². The van der Waals surface area contributed by atoms with Crippen molar-refractivity contribution in [1.29, 1.82) is 0 Å². The van der Waals surface area contributed by atoms with Crippen LogP contribution in [0.4, 0.5) is 15.9 Å². The van der Waals surface area contributed by atoms with Gasteiger partial charge in [-0.05, 0) is 58.7 Å². The Labute approximate surface area is 187 Å². The van der Waals surface area contributed by atoms with Gasteiger partial charge in [-0.15, -0.1) is 11.3 Å². The van der Waals surface area contributed by atoms with E-state index in [-0.39, 0.29) is 5.82 Å². The zero-order chi connectivity index (χ0) is 21.1. The standard InChI is InChI=1S/C20H20BrFN4O2S2/c21-16-8-19(30(27,28)25-20-12-29-13-24-20)17(22)9-18(16)23-10-14-4-1-2-5-15(14)11-26-6-3-7-26/h1-2,4-5,8-9,12-13,23,25H,3,6-7,10-11H2. The van der Waals surface area contributed by atoms with Crippen LogP contribution in [0.1, 0.15) is 17.5 Å². The Balaban J connectivity index is 1.50. The van der Waals surface area contributed by atoms with E-state index in [9.17, 15) is 12.8 Å². The summed E-state index contributed by atoms with van der Waals surface area (Å²) in [5, 5.41) is 4.75. The molecule has 158 valence electrons. The molecule has 0 radical (unpaired) electrons. The van der Waals surface area contributed by atoms with E-state index in [0.717, 1.165) is 25.2 Å². The van der Waals surface area contributed by atoms with Gasteiger partial charge in [-0.3, -0.25) is 9.62 Å². The molecular formula is C20H20BrFN4O2S2. The molecule has 1 aromatic heterocycles. The molecular weight excluding hydrogens is 491 g/mol. The number of aromatic nitrogens is 1. The van der Waals surface area contributed by atoms with E-state index in [0.29, 0.717) is 16.7 Å². The number of hydrogen-bond acceptors (Lipinski definition) is 6. The monoisotopic (exact) mass is 510 g/mol. The SMILES string of the molecule is O=S(=O)(Nc1cscn1)c1cc(Br)c(NCc2ccccc2CN2CCC2)cc1F. The van der Waals surface area contributed by atoms with Crippen LogP contribution in [0.2, 0.25) is 0 Å². The average Bonchev–Trinajstić information content (AvgIpc) is 3.18. The highest BCUT2D eigenvalue weighted by Crippen LogP contribution is 2.30. The highest BCUT2D eigenvalue weighted by Gasteiger charge is 2.22. The van der Waals surface area contributed by atoms with Crippen molar-refractivity contribution in [3.8, 4) is 0 Å². The molecule has 2 aromatic carbocycles. The second kappa shape index (κ2) is 9.01. The van der Waals surface area contributed by atoms with Crippen LogP contribution in [-0.2, 0) is 23.1 Å². The summed E-state index contributed by atoms with van der Waals surface area (Å²) in [4.78, 5) is 5.82. The molecule has 0 bridgehead atoms. The lowest BCUT2D eigenvalue weighted by Crippen LogP contribution is -2.36. The summed E-state index contributed by atoms with van der Waals surface area (Å²) >= 11 is 4.61. The fraction of sp³-hybridized carbons (Fsp3) is 0.250. The minimum absolute atomic E-state index is 0.163. The van der Waals surface area contributed by atoms with Crippen molar-refractivity contribution < 1.29 is 12.8 Å². The predicted octanol–water partition coefficient (Wildman–Crippen LogP) is 4.66. The summed E-state index contributed by atoms with van der Waals surface area (Å²) < 4.78 is 42.4. The Morgan fingerprint density at radius 2 is 1.97 bits per heavy atom. The van der Waals surface area contributed by atoms with E-state index < -0.39 is 20.7 Å². The summed E-state index contributed by atoms with van der Waals surface area (Å²) in [7, 11) is -4.08. The van der Waals surface area contributed by atoms with Gasteiger partial charge in [0.15, 0.2) is 5.82 Å². The first-order chi connectivity index (χ1) is 14.4. The smallest absolute Gasteiger partial charge is 0.266 e. The van der Waals surface area contributed by atoms with Gasteiger partial charge < -0.3 is 5.32 Å². The Morgan fingerprint density at radius 3 is 2.63 bits per heavy atom. The van der Waals surface area contributed by atoms with Gasteiger partial charge in [-0.25, -0.2) is 17.8 Å². The molecule has 6 nitrogen and oxygen atoms in total. The number of likely N-dealkylation sites (tertiary alicyclic amines) is 1. The fourth-order valence-electron chi connectivity index (χ4n) is 3.18. The number of anilines is 2. The van der Waals surface area contributed by atoms with E-state index >= 15 is 0 Å². The molecule has 1 saturated heterocycles. The lowest BCUT2D eigenvalue weighted by Gasteiger charge is -2.31. The molecule has 0 aliphatic carbocycles. The van der Waals surface area contributed by atoms with Gasteiger partial charge in [0.1, 0.15) is 10.7 Å². The summed E-state index contributed by atoms with van der Waals surface area (Å²) in [6.45, 7) is 3.63. The van der Waals surface area contributed by atoms with Crippen LogP contribution in [-0.4, -0.2) is 31.4 Å².